The number of pyridine rings is 1. The first-order chi connectivity index (χ1) is 9.28. The van der Waals surface area contributed by atoms with Crippen LogP contribution in [0.3, 0.4) is 0 Å². The van der Waals surface area contributed by atoms with Gasteiger partial charge in [-0.1, -0.05) is 25.5 Å². The average Bonchev–Trinajstić information content (AvgIpc) is 2.86. The van der Waals surface area contributed by atoms with Crippen molar-refractivity contribution in [1.29, 1.82) is 0 Å². The van der Waals surface area contributed by atoms with Gasteiger partial charge < -0.3 is 5.32 Å². The quantitative estimate of drug-likeness (QED) is 0.897. The summed E-state index contributed by atoms with van der Waals surface area (Å²) in [7, 11) is 2.08. The van der Waals surface area contributed by atoms with Crippen LogP contribution in [-0.4, -0.2) is 12.0 Å². The summed E-state index contributed by atoms with van der Waals surface area (Å²) in [6.45, 7) is 2.37. The van der Waals surface area contributed by atoms with Gasteiger partial charge in [0.1, 0.15) is 0 Å². The number of hydrogen-bond donors (Lipinski definition) is 1. The fraction of sp³-hybridized carbons (Fsp3) is 0.471. The number of nitrogens with one attached hydrogen (secondary N) is 1. The molecule has 1 aromatic carbocycles. The van der Waals surface area contributed by atoms with Crippen molar-refractivity contribution in [3.05, 3.63) is 42.1 Å². The minimum Gasteiger partial charge on any atom is -0.313 e. The van der Waals surface area contributed by atoms with Gasteiger partial charge in [0, 0.05) is 17.6 Å². The van der Waals surface area contributed by atoms with Gasteiger partial charge in [-0.25, -0.2) is 0 Å². The fourth-order valence-electron chi connectivity index (χ4n) is 3.52. The number of benzene rings is 1. The molecule has 1 heterocycles. The van der Waals surface area contributed by atoms with Gasteiger partial charge in [0.15, 0.2) is 0 Å². The third-order valence-corrected chi connectivity index (χ3v) is 4.50. The van der Waals surface area contributed by atoms with Crippen molar-refractivity contribution >= 4 is 10.9 Å². The summed E-state index contributed by atoms with van der Waals surface area (Å²) in [5, 5.41) is 4.77. The summed E-state index contributed by atoms with van der Waals surface area (Å²) in [6, 6.07) is 11.3. The van der Waals surface area contributed by atoms with Crippen molar-refractivity contribution in [3.63, 3.8) is 0 Å². The molecule has 3 atom stereocenters. The van der Waals surface area contributed by atoms with E-state index >= 15 is 0 Å². The predicted octanol–water partition coefficient (Wildman–Crippen LogP) is 3.93. The van der Waals surface area contributed by atoms with E-state index in [-0.39, 0.29) is 0 Å². The Bertz CT molecular complexity index is 564. The maximum absolute atomic E-state index is 4.40. The summed E-state index contributed by atoms with van der Waals surface area (Å²) in [6.07, 6.45) is 5.92. The molecule has 1 fully saturated rings. The standard InChI is InChI=1S/C17H22N2/c1-12-5-6-14(10-12)17(18-2)15-7-8-16-13(11-15)4-3-9-19-16/h3-4,7-9,11-12,14,17-18H,5-6,10H2,1-2H3. The monoisotopic (exact) mass is 254 g/mol. The van der Waals surface area contributed by atoms with Crippen molar-refractivity contribution < 1.29 is 0 Å². The van der Waals surface area contributed by atoms with Crippen molar-refractivity contribution in [2.45, 2.75) is 32.2 Å². The van der Waals surface area contributed by atoms with Gasteiger partial charge in [-0.2, -0.15) is 0 Å². The molecule has 0 bridgehead atoms. The minimum absolute atomic E-state index is 0.481. The summed E-state index contributed by atoms with van der Waals surface area (Å²) < 4.78 is 0. The van der Waals surface area contributed by atoms with E-state index in [1.807, 2.05) is 12.3 Å². The van der Waals surface area contributed by atoms with Crippen LogP contribution < -0.4 is 5.32 Å². The maximum Gasteiger partial charge on any atom is 0.0702 e. The van der Waals surface area contributed by atoms with Crippen molar-refractivity contribution in [1.82, 2.24) is 10.3 Å². The van der Waals surface area contributed by atoms with Crippen LogP contribution in [0.2, 0.25) is 0 Å². The zero-order chi connectivity index (χ0) is 13.2. The largest absolute Gasteiger partial charge is 0.313 e. The molecule has 3 unspecified atom stereocenters. The van der Waals surface area contributed by atoms with Gasteiger partial charge in [-0.05, 0) is 55.5 Å². The zero-order valence-electron chi connectivity index (χ0n) is 11.8. The van der Waals surface area contributed by atoms with Crippen molar-refractivity contribution in [2.24, 2.45) is 11.8 Å². The van der Waals surface area contributed by atoms with Crippen molar-refractivity contribution in [3.8, 4) is 0 Å². The van der Waals surface area contributed by atoms with Gasteiger partial charge in [0.2, 0.25) is 0 Å². The molecule has 0 spiro atoms. The van der Waals surface area contributed by atoms with Crippen LogP contribution >= 0.6 is 0 Å². The van der Waals surface area contributed by atoms with Crippen LogP contribution in [0.4, 0.5) is 0 Å². The third-order valence-electron chi connectivity index (χ3n) is 4.50. The second-order valence-corrected chi connectivity index (χ2v) is 5.90. The van der Waals surface area contributed by atoms with Gasteiger partial charge in [0.25, 0.3) is 0 Å². The Balaban J connectivity index is 1.92. The van der Waals surface area contributed by atoms with E-state index in [2.05, 4.69) is 48.5 Å². The topological polar surface area (TPSA) is 24.9 Å². The molecular formula is C17H22N2. The van der Waals surface area contributed by atoms with E-state index in [9.17, 15) is 0 Å². The Morgan fingerprint density at radius 3 is 2.89 bits per heavy atom. The zero-order valence-corrected chi connectivity index (χ0v) is 11.8. The highest BCUT2D eigenvalue weighted by atomic mass is 14.9. The average molecular weight is 254 g/mol. The van der Waals surface area contributed by atoms with Crippen LogP contribution in [0.25, 0.3) is 10.9 Å². The highest BCUT2D eigenvalue weighted by Gasteiger charge is 2.28. The van der Waals surface area contributed by atoms with Gasteiger partial charge in [-0.15, -0.1) is 0 Å². The molecule has 2 heteroatoms. The summed E-state index contributed by atoms with van der Waals surface area (Å²) in [5.41, 5.74) is 2.49. The summed E-state index contributed by atoms with van der Waals surface area (Å²) in [4.78, 5) is 4.40. The van der Waals surface area contributed by atoms with E-state index in [0.29, 0.717) is 6.04 Å². The van der Waals surface area contributed by atoms with E-state index in [1.54, 1.807) is 0 Å². The first kappa shape index (κ1) is 12.6. The molecule has 1 aromatic heterocycles. The number of hydrogen-bond acceptors (Lipinski definition) is 2. The van der Waals surface area contributed by atoms with E-state index in [0.717, 1.165) is 17.4 Å². The molecule has 3 rings (SSSR count). The van der Waals surface area contributed by atoms with Crippen molar-refractivity contribution in [2.75, 3.05) is 7.05 Å². The van der Waals surface area contributed by atoms with E-state index in [4.69, 9.17) is 0 Å². The minimum atomic E-state index is 0.481. The Morgan fingerprint density at radius 2 is 2.16 bits per heavy atom. The highest BCUT2D eigenvalue weighted by molar-refractivity contribution is 5.79. The molecule has 0 aliphatic heterocycles. The van der Waals surface area contributed by atoms with Crippen LogP contribution in [0.1, 0.15) is 37.8 Å². The lowest BCUT2D eigenvalue weighted by Crippen LogP contribution is -2.23. The maximum atomic E-state index is 4.40. The smallest absolute Gasteiger partial charge is 0.0702 e. The molecule has 0 saturated heterocycles. The van der Waals surface area contributed by atoms with Crippen LogP contribution in [0.15, 0.2) is 36.5 Å². The first-order valence-corrected chi connectivity index (χ1v) is 7.30. The fourth-order valence-corrected chi connectivity index (χ4v) is 3.52. The molecule has 0 amide bonds. The lowest BCUT2D eigenvalue weighted by molar-refractivity contribution is 0.380. The van der Waals surface area contributed by atoms with Crippen LogP contribution in [0, 0.1) is 11.8 Å². The highest BCUT2D eigenvalue weighted by Crippen LogP contribution is 2.39. The first-order valence-electron chi connectivity index (χ1n) is 7.30. The van der Waals surface area contributed by atoms with Crippen LogP contribution in [-0.2, 0) is 0 Å². The molecule has 2 aromatic rings. The molecule has 19 heavy (non-hydrogen) atoms. The molecule has 0 radical (unpaired) electrons. The Kier molecular flexibility index (Phi) is 3.52. The van der Waals surface area contributed by atoms with Gasteiger partial charge >= 0.3 is 0 Å². The summed E-state index contributed by atoms with van der Waals surface area (Å²) >= 11 is 0. The number of aromatic nitrogens is 1. The SMILES string of the molecule is CNC(c1ccc2ncccc2c1)C1CCC(C)C1. The van der Waals surface area contributed by atoms with Gasteiger partial charge in [-0.3, -0.25) is 4.98 Å². The third kappa shape index (κ3) is 2.50. The van der Waals surface area contributed by atoms with Crippen LogP contribution in [0.5, 0.6) is 0 Å². The lowest BCUT2D eigenvalue weighted by Gasteiger charge is -2.24. The second kappa shape index (κ2) is 5.30. The molecule has 1 N–H and O–H groups in total. The molecule has 1 aliphatic rings. The normalized spacial score (nSPS) is 24.7. The summed E-state index contributed by atoms with van der Waals surface area (Å²) in [5.74, 6) is 1.65. The number of fused-ring (bicyclic) bond motifs is 1. The van der Waals surface area contributed by atoms with E-state index in [1.165, 1.54) is 30.2 Å². The van der Waals surface area contributed by atoms with E-state index < -0.39 is 0 Å². The lowest BCUT2D eigenvalue weighted by atomic mass is 9.90. The number of rotatable bonds is 3. The number of nitrogens with zero attached hydrogens (tertiary/aromatic N) is 1. The van der Waals surface area contributed by atoms with Gasteiger partial charge in [0.05, 0.1) is 5.52 Å². The molecule has 1 aliphatic carbocycles. The Hall–Kier alpha value is -1.41. The second-order valence-electron chi connectivity index (χ2n) is 5.90. The molecule has 2 nitrogen and oxygen atoms in total. The predicted molar refractivity (Wildman–Crippen MR) is 80.0 cm³/mol. The molecule has 100 valence electrons. The Labute approximate surface area is 115 Å². The molecular weight excluding hydrogens is 232 g/mol. The Morgan fingerprint density at radius 1 is 1.26 bits per heavy atom. The molecule has 1 saturated carbocycles.